The molecule has 0 spiro atoms. The Hall–Kier alpha value is -5.14. The molecule has 0 amide bonds. The second-order valence-corrected chi connectivity index (χ2v) is 20.5. The summed E-state index contributed by atoms with van der Waals surface area (Å²) >= 11 is 0. The Morgan fingerprint density at radius 2 is 0.629 bits per heavy atom. The fourth-order valence-electron chi connectivity index (χ4n) is 9.08. The molecule has 5 heterocycles. The van der Waals surface area contributed by atoms with Crippen molar-refractivity contribution >= 4 is 27.4 Å². The van der Waals surface area contributed by atoms with Crippen molar-refractivity contribution in [3.05, 3.63) is 167 Å². The van der Waals surface area contributed by atoms with E-state index in [4.69, 9.17) is 60.7 Å². The smallest absolute Gasteiger partial charge is 0.330 e. The summed E-state index contributed by atoms with van der Waals surface area (Å²) in [5.41, 5.74) is 4.36. The Labute approximate surface area is 410 Å². The largest absolute Gasteiger partial charge is 0.455 e. The van der Waals surface area contributed by atoms with Gasteiger partial charge in [-0.2, -0.15) is 0 Å². The van der Waals surface area contributed by atoms with Crippen molar-refractivity contribution in [1.82, 2.24) is 0 Å². The molecule has 4 fully saturated rings. The topological polar surface area (TPSA) is 120 Å². The summed E-state index contributed by atoms with van der Waals surface area (Å²) in [7, 11) is -4.03. The van der Waals surface area contributed by atoms with Crippen LogP contribution in [0.1, 0.15) is 98.1 Å². The molecule has 70 heavy (non-hydrogen) atoms. The fourth-order valence-corrected chi connectivity index (χ4v) is 12.0. The first-order valence-electron chi connectivity index (χ1n) is 24.0. The minimum atomic E-state index is -2.02. The monoisotopic (exact) mass is 986 g/mol. The second-order valence-electron chi connectivity index (χ2n) is 17.8. The summed E-state index contributed by atoms with van der Waals surface area (Å²) in [6, 6.07) is 43.4. The van der Waals surface area contributed by atoms with Gasteiger partial charge in [-0.25, -0.2) is 0 Å². The van der Waals surface area contributed by atoms with Crippen LogP contribution in [-0.2, 0) is 43.3 Å². The normalized spacial score (nSPS) is 19.0. The molecule has 5 aliphatic rings. The van der Waals surface area contributed by atoms with Gasteiger partial charge in [0.05, 0.1) is 85.7 Å². The van der Waals surface area contributed by atoms with E-state index >= 15 is 0 Å². The zero-order chi connectivity index (χ0) is 47.3. The summed E-state index contributed by atoms with van der Waals surface area (Å²) in [6.45, 7) is 9.02. The van der Waals surface area contributed by atoms with Crippen molar-refractivity contribution in [2.45, 2.75) is 70.1 Å². The minimum absolute atomic E-state index is 0.566. The van der Waals surface area contributed by atoms with Gasteiger partial charge in [0.1, 0.15) is 34.5 Å². The average molecular weight is 987 g/mol. The van der Waals surface area contributed by atoms with Crippen molar-refractivity contribution < 1.29 is 60.7 Å². The van der Waals surface area contributed by atoms with E-state index in [1.807, 2.05) is 121 Å². The highest BCUT2D eigenvalue weighted by atomic mass is 31.2. The highest BCUT2D eigenvalue weighted by Gasteiger charge is 2.42. The highest BCUT2D eigenvalue weighted by Crippen LogP contribution is 2.55. The number of ether oxygens (including phenoxy) is 9. The number of fused-ring (bicyclic) bond motifs is 2. The molecule has 0 radical (unpaired) electrons. The minimum Gasteiger partial charge on any atom is -0.455 e. The number of rotatable bonds is 14. The molecule has 4 saturated heterocycles. The van der Waals surface area contributed by atoms with Gasteiger partial charge >= 0.3 is 16.8 Å². The van der Waals surface area contributed by atoms with E-state index in [9.17, 15) is 0 Å². The number of benzene rings is 6. The van der Waals surface area contributed by atoms with Crippen LogP contribution in [0.4, 0.5) is 0 Å². The number of para-hydroxylation sites is 6. The van der Waals surface area contributed by atoms with E-state index in [0.29, 0.717) is 98.0 Å². The SMILES string of the molecule is CC1(C)c2cccc(P(Oc3ccccc3C3OCCCO3)Oc3ccccc3C3OCCCO3)c2Oc2c(P(Oc3ccccc3C3OCCCO3)Oc3ccccc3C3OCCCO3)cccc21. The standard InChI is InChI=1S/C55H56O13P2/c1-55(2)41-21-11-27-47(69(65-43-23-7-3-17-37(43)51-56-29-13-30-57-51)66-44-24-8-4-18-38(44)52-58-31-14-32-59-52)49(41)64-50-42(55)22-12-28-48(50)70(67-45-25-9-5-19-39(45)53-60-33-15-34-61-53)68-46-26-10-6-20-40(46)54-62-35-16-36-63-54/h3-12,17-28,51-54H,13-16,29-36H2,1-2H3. The van der Waals surface area contributed by atoms with E-state index < -0.39 is 47.3 Å². The second kappa shape index (κ2) is 21.7. The molecule has 6 aromatic rings. The first kappa shape index (κ1) is 47.2. The molecule has 15 heteroatoms. The molecule has 13 nitrogen and oxygen atoms in total. The van der Waals surface area contributed by atoms with Crippen LogP contribution in [0.25, 0.3) is 0 Å². The van der Waals surface area contributed by atoms with Gasteiger partial charge in [0.25, 0.3) is 0 Å². The molecule has 0 aliphatic carbocycles. The van der Waals surface area contributed by atoms with Crippen molar-refractivity contribution in [3.63, 3.8) is 0 Å². The van der Waals surface area contributed by atoms with Gasteiger partial charge in [-0.3, -0.25) is 0 Å². The van der Waals surface area contributed by atoms with Gasteiger partial charge in [0.15, 0.2) is 25.2 Å². The Balaban J connectivity index is 1.02. The van der Waals surface area contributed by atoms with Gasteiger partial charge in [-0.15, -0.1) is 0 Å². The maximum absolute atomic E-state index is 7.39. The molecule has 5 aliphatic heterocycles. The zero-order valence-electron chi connectivity index (χ0n) is 39.2. The summed E-state index contributed by atoms with van der Waals surface area (Å²) in [5.74, 6) is 3.47. The van der Waals surface area contributed by atoms with Gasteiger partial charge in [0.2, 0.25) is 0 Å². The van der Waals surface area contributed by atoms with Crippen molar-refractivity contribution in [2.75, 3.05) is 52.9 Å². The van der Waals surface area contributed by atoms with Crippen molar-refractivity contribution in [3.8, 4) is 34.5 Å². The molecule has 0 bridgehead atoms. The lowest BCUT2D eigenvalue weighted by atomic mass is 9.76. The maximum atomic E-state index is 7.39. The summed E-state index contributed by atoms with van der Waals surface area (Å²) in [4.78, 5) is 0. The van der Waals surface area contributed by atoms with E-state index in [2.05, 4.69) is 26.0 Å². The molecule has 11 rings (SSSR count). The first-order valence-corrected chi connectivity index (χ1v) is 26.4. The predicted octanol–water partition coefficient (Wildman–Crippen LogP) is 12.1. The molecule has 0 atom stereocenters. The molecular formula is C55H56O13P2. The van der Waals surface area contributed by atoms with E-state index in [1.165, 1.54) is 0 Å². The van der Waals surface area contributed by atoms with Crippen LogP contribution in [0.2, 0.25) is 0 Å². The van der Waals surface area contributed by atoms with Crippen LogP contribution in [-0.4, -0.2) is 52.9 Å². The zero-order valence-corrected chi connectivity index (χ0v) is 41.0. The fraction of sp³-hybridized carbons (Fsp3) is 0.345. The Morgan fingerprint density at radius 3 is 0.914 bits per heavy atom. The lowest BCUT2D eigenvalue weighted by Gasteiger charge is -2.37. The predicted molar refractivity (Wildman–Crippen MR) is 264 cm³/mol. The van der Waals surface area contributed by atoms with Gasteiger partial charge in [0, 0.05) is 16.5 Å². The van der Waals surface area contributed by atoms with E-state index in [0.717, 1.165) is 59.1 Å². The molecule has 0 N–H and O–H groups in total. The Kier molecular flexibility index (Phi) is 14.6. The lowest BCUT2D eigenvalue weighted by molar-refractivity contribution is -0.183. The van der Waals surface area contributed by atoms with Crippen LogP contribution in [0.15, 0.2) is 133 Å². The molecule has 0 unspecified atom stereocenters. The average Bonchev–Trinajstić information content (AvgIpc) is 3.42. The van der Waals surface area contributed by atoms with E-state index in [-0.39, 0.29) is 0 Å². The van der Waals surface area contributed by atoms with Crippen LogP contribution in [0, 0.1) is 0 Å². The molecule has 0 saturated carbocycles. The summed E-state index contributed by atoms with van der Waals surface area (Å²) in [5, 5.41) is 1.42. The van der Waals surface area contributed by atoms with E-state index in [1.54, 1.807) is 0 Å². The molecule has 0 aromatic heterocycles. The van der Waals surface area contributed by atoms with Crippen LogP contribution in [0.3, 0.4) is 0 Å². The summed E-state index contributed by atoms with van der Waals surface area (Å²) < 4.78 is 85.0. The third kappa shape index (κ3) is 10.0. The third-order valence-electron chi connectivity index (χ3n) is 12.7. The first-order chi connectivity index (χ1) is 34.5. The molecule has 6 aromatic carbocycles. The van der Waals surface area contributed by atoms with Crippen LogP contribution in [0.5, 0.6) is 34.5 Å². The van der Waals surface area contributed by atoms with Crippen molar-refractivity contribution in [1.29, 1.82) is 0 Å². The van der Waals surface area contributed by atoms with Crippen molar-refractivity contribution in [2.24, 2.45) is 0 Å². The quantitative estimate of drug-likeness (QED) is 0.0964. The van der Waals surface area contributed by atoms with Gasteiger partial charge < -0.3 is 60.7 Å². The van der Waals surface area contributed by atoms with Crippen LogP contribution < -0.4 is 33.4 Å². The lowest BCUT2D eigenvalue weighted by Crippen LogP contribution is -2.31. The summed E-state index contributed by atoms with van der Waals surface area (Å²) in [6.07, 6.45) is 0.845. The number of hydrogen-bond donors (Lipinski definition) is 0. The molecular weight excluding hydrogens is 931 g/mol. The number of hydrogen-bond acceptors (Lipinski definition) is 13. The van der Waals surface area contributed by atoms with Gasteiger partial charge in [-0.05, 0) is 62.1 Å². The molecule has 364 valence electrons. The Morgan fingerprint density at radius 1 is 0.357 bits per heavy atom. The highest BCUT2D eigenvalue weighted by molar-refractivity contribution is 7.57. The van der Waals surface area contributed by atoms with Gasteiger partial charge in [-0.1, -0.05) is 111 Å². The third-order valence-corrected chi connectivity index (χ3v) is 15.6. The Bertz CT molecular complexity index is 2420. The maximum Gasteiger partial charge on any atom is 0.330 e. The van der Waals surface area contributed by atoms with Crippen LogP contribution >= 0.6 is 16.8 Å².